The molecule has 1 fully saturated rings. The molecule has 0 atom stereocenters. The van der Waals surface area contributed by atoms with Crippen LogP contribution in [0.2, 0.25) is 0 Å². The van der Waals surface area contributed by atoms with E-state index in [0.29, 0.717) is 11.1 Å². The standard InChI is InChI=1S/C19H16F2N2O/c1-19(8-9-19)23(2)18(24)17-16(21)11-14(12-22-17)7-6-13-4-3-5-15(20)10-13/h3-5,10-12H,8-9H2,1-2H3. The summed E-state index contributed by atoms with van der Waals surface area (Å²) in [7, 11) is 1.66. The molecule has 3 rings (SSSR count). The fourth-order valence-electron chi connectivity index (χ4n) is 2.29. The average molecular weight is 326 g/mol. The lowest BCUT2D eigenvalue weighted by molar-refractivity contribution is 0.0712. The molecule has 0 aliphatic heterocycles. The van der Waals surface area contributed by atoms with Crippen molar-refractivity contribution in [3.8, 4) is 11.8 Å². The number of amides is 1. The zero-order valence-electron chi connectivity index (χ0n) is 13.4. The first-order valence-electron chi connectivity index (χ1n) is 7.60. The van der Waals surface area contributed by atoms with E-state index in [0.717, 1.165) is 12.8 Å². The molecule has 1 aliphatic rings. The maximum atomic E-state index is 14.2. The van der Waals surface area contributed by atoms with Gasteiger partial charge in [-0.05, 0) is 44.0 Å². The largest absolute Gasteiger partial charge is 0.335 e. The quantitative estimate of drug-likeness (QED) is 0.793. The van der Waals surface area contributed by atoms with Crippen LogP contribution < -0.4 is 0 Å². The lowest BCUT2D eigenvalue weighted by Gasteiger charge is -2.24. The van der Waals surface area contributed by atoms with Crippen molar-refractivity contribution in [2.45, 2.75) is 25.3 Å². The number of benzene rings is 1. The summed E-state index contributed by atoms with van der Waals surface area (Å²) in [4.78, 5) is 17.8. The first-order chi connectivity index (χ1) is 11.4. The molecule has 1 aliphatic carbocycles. The van der Waals surface area contributed by atoms with E-state index in [4.69, 9.17) is 0 Å². The summed E-state index contributed by atoms with van der Waals surface area (Å²) < 4.78 is 27.3. The molecule has 24 heavy (non-hydrogen) atoms. The predicted molar refractivity (Wildman–Crippen MR) is 86.3 cm³/mol. The Hall–Kier alpha value is -2.74. The van der Waals surface area contributed by atoms with Gasteiger partial charge in [0.25, 0.3) is 5.91 Å². The summed E-state index contributed by atoms with van der Waals surface area (Å²) in [6.07, 6.45) is 3.17. The highest BCUT2D eigenvalue weighted by atomic mass is 19.1. The van der Waals surface area contributed by atoms with Crippen LogP contribution in [-0.4, -0.2) is 28.4 Å². The lowest BCUT2D eigenvalue weighted by atomic mass is 10.2. The second kappa shape index (κ2) is 6.04. The number of halogens is 2. The summed E-state index contributed by atoms with van der Waals surface area (Å²) in [6.45, 7) is 1.96. The van der Waals surface area contributed by atoms with Crippen LogP contribution in [0.4, 0.5) is 8.78 Å². The topological polar surface area (TPSA) is 33.2 Å². The van der Waals surface area contributed by atoms with Crippen molar-refractivity contribution in [2.75, 3.05) is 7.05 Å². The van der Waals surface area contributed by atoms with Crippen LogP contribution >= 0.6 is 0 Å². The van der Waals surface area contributed by atoms with Gasteiger partial charge in [0, 0.05) is 29.9 Å². The van der Waals surface area contributed by atoms with Crippen LogP contribution in [0.1, 0.15) is 41.4 Å². The number of carbonyl (C=O) groups is 1. The second-order valence-electron chi connectivity index (χ2n) is 6.18. The third kappa shape index (κ3) is 3.28. The first-order valence-corrected chi connectivity index (χ1v) is 7.60. The van der Waals surface area contributed by atoms with E-state index in [1.54, 1.807) is 19.2 Å². The maximum absolute atomic E-state index is 14.2. The number of pyridine rings is 1. The Morgan fingerprint density at radius 1 is 1.21 bits per heavy atom. The van der Waals surface area contributed by atoms with E-state index >= 15 is 0 Å². The van der Waals surface area contributed by atoms with E-state index in [-0.39, 0.29) is 17.1 Å². The van der Waals surface area contributed by atoms with E-state index in [9.17, 15) is 13.6 Å². The van der Waals surface area contributed by atoms with Gasteiger partial charge >= 0.3 is 0 Å². The highest BCUT2D eigenvalue weighted by Gasteiger charge is 2.44. The average Bonchev–Trinajstić information content (AvgIpc) is 3.31. The van der Waals surface area contributed by atoms with Crippen molar-refractivity contribution in [3.63, 3.8) is 0 Å². The number of aromatic nitrogens is 1. The highest BCUT2D eigenvalue weighted by Crippen LogP contribution is 2.40. The Bertz CT molecular complexity index is 863. The second-order valence-corrected chi connectivity index (χ2v) is 6.18. The lowest BCUT2D eigenvalue weighted by Crippen LogP contribution is -2.37. The van der Waals surface area contributed by atoms with Crippen LogP contribution in [0.5, 0.6) is 0 Å². The molecule has 2 aromatic rings. The zero-order chi connectivity index (χ0) is 17.3. The van der Waals surface area contributed by atoms with Gasteiger partial charge in [-0.15, -0.1) is 0 Å². The predicted octanol–water partition coefficient (Wildman–Crippen LogP) is 3.38. The molecular formula is C19H16F2N2O. The number of rotatable bonds is 2. The van der Waals surface area contributed by atoms with Crippen molar-refractivity contribution >= 4 is 5.91 Å². The Labute approximate surface area is 139 Å². The summed E-state index contributed by atoms with van der Waals surface area (Å²) in [5, 5.41) is 0. The summed E-state index contributed by atoms with van der Waals surface area (Å²) in [5.41, 5.74) is 0.411. The zero-order valence-corrected chi connectivity index (χ0v) is 13.4. The molecule has 1 aromatic heterocycles. The molecule has 1 saturated carbocycles. The van der Waals surface area contributed by atoms with Gasteiger partial charge in [0.15, 0.2) is 11.5 Å². The van der Waals surface area contributed by atoms with Crippen molar-refractivity contribution in [2.24, 2.45) is 0 Å². The number of hydrogen-bond donors (Lipinski definition) is 0. The number of carbonyl (C=O) groups excluding carboxylic acids is 1. The molecule has 1 aromatic carbocycles. The molecule has 1 amide bonds. The van der Waals surface area contributed by atoms with Crippen LogP contribution in [-0.2, 0) is 0 Å². The maximum Gasteiger partial charge on any atom is 0.275 e. The van der Waals surface area contributed by atoms with Crippen molar-refractivity contribution < 1.29 is 13.6 Å². The molecule has 0 unspecified atom stereocenters. The van der Waals surface area contributed by atoms with Gasteiger partial charge in [-0.3, -0.25) is 4.79 Å². The van der Waals surface area contributed by atoms with E-state index in [2.05, 4.69) is 16.8 Å². The van der Waals surface area contributed by atoms with E-state index in [1.165, 1.54) is 29.3 Å². The molecule has 0 spiro atoms. The Balaban J connectivity index is 1.82. The molecule has 0 radical (unpaired) electrons. The molecule has 3 nitrogen and oxygen atoms in total. The van der Waals surface area contributed by atoms with Gasteiger partial charge in [-0.2, -0.15) is 0 Å². The van der Waals surface area contributed by atoms with Gasteiger partial charge in [0.1, 0.15) is 5.82 Å². The number of nitrogens with zero attached hydrogens (tertiary/aromatic N) is 2. The minimum Gasteiger partial charge on any atom is -0.335 e. The van der Waals surface area contributed by atoms with Gasteiger partial charge in [0.2, 0.25) is 0 Å². The fraction of sp³-hybridized carbons (Fsp3) is 0.263. The van der Waals surface area contributed by atoms with Gasteiger partial charge < -0.3 is 4.90 Å². The van der Waals surface area contributed by atoms with Crippen molar-refractivity contribution in [3.05, 3.63) is 65.0 Å². The Kier molecular flexibility index (Phi) is 4.06. The van der Waals surface area contributed by atoms with Gasteiger partial charge in [-0.25, -0.2) is 13.8 Å². The SMILES string of the molecule is CN(C(=O)c1ncc(C#Cc2cccc(F)c2)cc1F)C1(C)CC1. The van der Waals surface area contributed by atoms with Crippen LogP contribution in [0.3, 0.4) is 0 Å². The number of hydrogen-bond acceptors (Lipinski definition) is 2. The monoisotopic (exact) mass is 326 g/mol. The normalized spacial score (nSPS) is 14.5. The van der Waals surface area contributed by atoms with E-state index in [1.807, 2.05) is 6.92 Å². The molecule has 0 N–H and O–H groups in total. The summed E-state index contributed by atoms with van der Waals surface area (Å²) in [5.74, 6) is 3.94. The highest BCUT2D eigenvalue weighted by molar-refractivity contribution is 5.93. The minimum atomic E-state index is -0.706. The third-order valence-electron chi connectivity index (χ3n) is 4.31. The molecule has 0 bridgehead atoms. The Morgan fingerprint density at radius 3 is 2.54 bits per heavy atom. The first kappa shape index (κ1) is 16.1. The van der Waals surface area contributed by atoms with Crippen LogP contribution in [0, 0.1) is 23.5 Å². The molecule has 0 saturated heterocycles. The van der Waals surface area contributed by atoms with Gasteiger partial charge in [-0.1, -0.05) is 17.9 Å². The molecule has 5 heteroatoms. The summed E-state index contributed by atoms with van der Waals surface area (Å²) >= 11 is 0. The Morgan fingerprint density at radius 2 is 1.92 bits per heavy atom. The fourth-order valence-corrected chi connectivity index (χ4v) is 2.29. The van der Waals surface area contributed by atoms with Crippen LogP contribution in [0.15, 0.2) is 36.5 Å². The molecular weight excluding hydrogens is 310 g/mol. The summed E-state index contributed by atoms with van der Waals surface area (Å²) in [6, 6.07) is 7.00. The van der Waals surface area contributed by atoms with Crippen molar-refractivity contribution in [1.82, 2.24) is 9.88 Å². The van der Waals surface area contributed by atoms with Gasteiger partial charge in [0.05, 0.1) is 0 Å². The van der Waals surface area contributed by atoms with Crippen molar-refractivity contribution in [1.29, 1.82) is 0 Å². The molecule has 122 valence electrons. The van der Waals surface area contributed by atoms with Crippen LogP contribution in [0.25, 0.3) is 0 Å². The third-order valence-corrected chi connectivity index (χ3v) is 4.31. The van der Waals surface area contributed by atoms with E-state index < -0.39 is 11.7 Å². The molecule has 1 heterocycles. The minimum absolute atomic E-state index is 0.193. The smallest absolute Gasteiger partial charge is 0.275 e.